The van der Waals surface area contributed by atoms with Crippen LogP contribution in [-0.2, 0) is 13.5 Å². The lowest BCUT2D eigenvalue weighted by Gasteiger charge is -2.00. The minimum atomic E-state index is 0.671. The molecule has 1 aromatic heterocycles. The van der Waals surface area contributed by atoms with Crippen LogP contribution in [0.2, 0.25) is 0 Å². The third-order valence-electron chi connectivity index (χ3n) is 1.64. The number of hydrogen-bond acceptors (Lipinski definition) is 2. The van der Waals surface area contributed by atoms with E-state index in [-0.39, 0.29) is 0 Å². The van der Waals surface area contributed by atoms with Gasteiger partial charge in [0, 0.05) is 12.9 Å². The minimum absolute atomic E-state index is 0.671. The zero-order valence-electron chi connectivity index (χ0n) is 6.55. The molecule has 1 rings (SSSR count). The van der Waals surface area contributed by atoms with E-state index in [0.717, 1.165) is 24.2 Å². The summed E-state index contributed by atoms with van der Waals surface area (Å²) in [6, 6.07) is 0. The Morgan fingerprint density at radius 2 is 2.45 bits per heavy atom. The molecule has 2 N–H and O–H groups in total. The highest BCUT2D eigenvalue weighted by molar-refractivity contribution is 6.17. The van der Waals surface area contributed by atoms with Gasteiger partial charge in [-0.05, 0) is 12.8 Å². The summed E-state index contributed by atoms with van der Waals surface area (Å²) in [5.74, 6) is 0.671. The van der Waals surface area contributed by atoms with E-state index in [2.05, 4.69) is 5.10 Å². The van der Waals surface area contributed by atoms with Gasteiger partial charge < -0.3 is 5.73 Å². The van der Waals surface area contributed by atoms with Crippen LogP contribution >= 0.6 is 11.6 Å². The van der Waals surface area contributed by atoms with Crippen LogP contribution in [0, 0.1) is 0 Å². The van der Waals surface area contributed by atoms with Gasteiger partial charge in [-0.1, -0.05) is 0 Å². The van der Waals surface area contributed by atoms with Crippen molar-refractivity contribution in [1.82, 2.24) is 9.78 Å². The van der Waals surface area contributed by atoms with Gasteiger partial charge in [-0.2, -0.15) is 5.10 Å². The molecule has 0 aliphatic carbocycles. The summed E-state index contributed by atoms with van der Waals surface area (Å²) >= 11 is 5.55. The van der Waals surface area contributed by atoms with E-state index >= 15 is 0 Å². The summed E-state index contributed by atoms with van der Waals surface area (Å²) in [6.45, 7) is 0. The van der Waals surface area contributed by atoms with Crippen molar-refractivity contribution in [3.8, 4) is 0 Å². The number of nitrogens with two attached hydrogens (primary N) is 1. The van der Waals surface area contributed by atoms with Crippen LogP contribution < -0.4 is 5.73 Å². The number of hydrogen-bond donors (Lipinski definition) is 1. The first-order valence-corrected chi connectivity index (χ1v) is 4.11. The number of aromatic nitrogens is 2. The molecule has 11 heavy (non-hydrogen) atoms. The van der Waals surface area contributed by atoms with Crippen molar-refractivity contribution in [3.05, 3.63) is 11.9 Å². The maximum Gasteiger partial charge on any atom is 0.0732 e. The molecule has 0 unspecified atom stereocenters. The SMILES string of the molecule is Cn1ncc(N)c1CCCCl. The Morgan fingerprint density at radius 1 is 1.73 bits per heavy atom. The number of halogens is 1. The van der Waals surface area contributed by atoms with E-state index in [1.165, 1.54) is 0 Å². The van der Waals surface area contributed by atoms with Crippen LogP contribution in [0.15, 0.2) is 6.20 Å². The molecule has 0 bridgehead atoms. The lowest BCUT2D eigenvalue weighted by Crippen LogP contribution is -2.00. The Kier molecular flexibility index (Phi) is 2.76. The first-order chi connectivity index (χ1) is 5.25. The highest BCUT2D eigenvalue weighted by atomic mass is 35.5. The second kappa shape index (κ2) is 3.62. The van der Waals surface area contributed by atoms with Gasteiger partial charge in [-0.15, -0.1) is 11.6 Å². The summed E-state index contributed by atoms with van der Waals surface area (Å²) < 4.78 is 1.79. The van der Waals surface area contributed by atoms with Crippen molar-refractivity contribution in [2.75, 3.05) is 11.6 Å². The van der Waals surface area contributed by atoms with Gasteiger partial charge in [0.2, 0.25) is 0 Å². The maximum absolute atomic E-state index is 5.66. The Balaban J connectivity index is 2.67. The van der Waals surface area contributed by atoms with Crippen LogP contribution in [0.5, 0.6) is 0 Å². The van der Waals surface area contributed by atoms with Gasteiger partial charge in [0.1, 0.15) is 0 Å². The van der Waals surface area contributed by atoms with Gasteiger partial charge in [-0.3, -0.25) is 4.68 Å². The first kappa shape index (κ1) is 8.40. The lowest BCUT2D eigenvalue weighted by molar-refractivity contribution is 0.700. The molecule has 4 heteroatoms. The minimum Gasteiger partial charge on any atom is -0.396 e. The van der Waals surface area contributed by atoms with Crippen molar-refractivity contribution in [1.29, 1.82) is 0 Å². The molecule has 0 fully saturated rings. The fourth-order valence-corrected chi connectivity index (χ4v) is 1.15. The Labute approximate surface area is 71.1 Å². The molecule has 0 saturated carbocycles. The predicted molar refractivity (Wildman–Crippen MR) is 46.7 cm³/mol. The second-order valence-electron chi connectivity index (χ2n) is 2.46. The number of anilines is 1. The summed E-state index contributed by atoms with van der Waals surface area (Å²) in [6.07, 6.45) is 3.53. The average molecular weight is 174 g/mol. The van der Waals surface area contributed by atoms with Crippen molar-refractivity contribution in [3.63, 3.8) is 0 Å². The van der Waals surface area contributed by atoms with Gasteiger partial charge in [0.05, 0.1) is 17.6 Å². The summed E-state index contributed by atoms with van der Waals surface area (Å²) in [4.78, 5) is 0. The van der Waals surface area contributed by atoms with E-state index in [4.69, 9.17) is 17.3 Å². The fourth-order valence-electron chi connectivity index (χ4n) is 1.02. The fraction of sp³-hybridized carbons (Fsp3) is 0.571. The average Bonchev–Trinajstić information content (AvgIpc) is 2.29. The van der Waals surface area contributed by atoms with E-state index in [1.54, 1.807) is 10.9 Å². The third kappa shape index (κ3) is 1.87. The quantitative estimate of drug-likeness (QED) is 0.698. The van der Waals surface area contributed by atoms with Gasteiger partial charge >= 0.3 is 0 Å². The molecule has 0 aliphatic rings. The Morgan fingerprint density at radius 3 is 2.91 bits per heavy atom. The largest absolute Gasteiger partial charge is 0.396 e. The number of nitrogens with zero attached hydrogens (tertiary/aromatic N) is 2. The molecule has 0 saturated heterocycles. The smallest absolute Gasteiger partial charge is 0.0732 e. The van der Waals surface area contributed by atoms with Crippen LogP contribution in [0.3, 0.4) is 0 Å². The van der Waals surface area contributed by atoms with Crippen LogP contribution in [0.25, 0.3) is 0 Å². The molecule has 0 amide bonds. The standard InChI is InChI=1S/C7H12ClN3/c1-11-7(3-2-4-8)6(9)5-10-11/h5H,2-4,9H2,1H3. The van der Waals surface area contributed by atoms with Crippen molar-refractivity contribution in [2.45, 2.75) is 12.8 Å². The van der Waals surface area contributed by atoms with Crippen molar-refractivity contribution < 1.29 is 0 Å². The van der Waals surface area contributed by atoms with E-state index < -0.39 is 0 Å². The zero-order valence-corrected chi connectivity index (χ0v) is 7.30. The van der Waals surface area contributed by atoms with Crippen molar-refractivity contribution in [2.24, 2.45) is 7.05 Å². The molecular formula is C7H12ClN3. The molecule has 3 nitrogen and oxygen atoms in total. The van der Waals surface area contributed by atoms with Crippen LogP contribution in [0.4, 0.5) is 5.69 Å². The molecule has 1 heterocycles. The highest BCUT2D eigenvalue weighted by Crippen LogP contribution is 2.11. The molecule has 1 aromatic rings. The first-order valence-electron chi connectivity index (χ1n) is 3.58. The van der Waals surface area contributed by atoms with Gasteiger partial charge in [0.15, 0.2) is 0 Å². The molecule has 0 aliphatic heterocycles. The summed E-state index contributed by atoms with van der Waals surface area (Å²) in [5.41, 5.74) is 7.49. The highest BCUT2D eigenvalue weighted by Gasteiger charge is 2.03. The van der Waals surface area contributed by atoms with E-state index in [1.807, 2.05) is 7.05 Å². The second-order valence-corrected chi connectivity index (χ2v) is 2.84. The Hall–Kier alpha value is -0.700. The maximum atomic E-state index is 5.66. The molecule has 0 aromatic carbocycles. The normalized spacial score (nSPS) is 10.4. The summed E-state index contributed by atoms with van der Waals surface area (Å²) in [5, 5.41) is 4.02. The lowest BCUT2D eigenvalue weighted by atomic mass is 10.2. The monoisotopic (exact) mass is 173 g/mol. The Bertz CT molecular complexity index is 212. The number of alkyl halides is 1. The molecule has 0 spiro atoms. The van der Waals surface area contributed by atoms with Crippen molar-refractivity contribution >= 4 is 17.3 Å². The summed E-state index contributed by atoms with van der Waals surface area (Å²) in [7, 11) is 1.89. The number of nitrogen functional groups attached to an aromatic ring is 1. The van der Waals surface area contributed by atoms with E-state index in [0.29, 0.717) is 5.88 Å². The number of aryl methyl sites for hydroxylation is 1. The third-order valence-corrected chi connectivity index (χ3v) is 1.91. The topological polar surface area (TPSA) is 43.8 Å². The molecule has 0 atom stereocenters. The number of rotatable bonds is 3. The molecule has 62 valence electrons. The van der Waals surface area contributed by atoms with Crippen LogP contribution in [0.1, 0.15) is 12.1 Å². The molecule has 0 radical (unpaired) electrons. The van der Waals surface area contributed by atoms with Gasteiger partial charge in [0.25, 0.3) is 0 Å². The van der Waals surface area contributed by atoms with Gasteiger partial charge in [-0.25, -0.2) is 0 Å². The van der Waals surface area contributed by atoms with Crippen LogP contribution in [-0.4, -0.2) is 15.7 Å². The molecular weight excluding hydrogens is 162 g/mol. The predicted octanol–water partition coefficient (Wildman–Crippen LogP) is 1.17. The van der Waals surface area contributed by atoms with E-state index in [9.17, 15) is 0 Å². The zero-order chi connectivity index (χ0) is 8.27.